The molecule has 30 heavy (non-hydrogen) atoms. The molecule has 2 amide bonds. The van der Waals surface area contributed by atoms with Crippen molar-refractivity contribution >= 4 is 23.2 Å². The van der Waals surface area contributed by atoms with Gasteiger partial charge in [-0.2, -0.15) is 0 Å². The highest BCUT2D eigenvalue weighted by Gasteiger charge is 2.16. The van der Waals surface area contributed by atoms with Crippen LogP contribution in [0.2, 0.25) is 0 Å². The summed E-state index contributed by atoms with van der Waals surface area (Å²) in [5, 5.41) is 5.81. The molecule has 3 rings (SSSR count). The Morgan fingerprint density at radius 3 is 2.17 bits per heavy atom. The monoisotopic (exact) mass is 402 g/mol. The minimum atomic E-state index is -0.680. The SMILES string of the molecule is CCc1ccccc1NC(=O)c1ccc(O[C@@H](C)C(=O)Nc2ccccc2C)cc1. The highest BCUT2D eigenvalue weighted by Crippen LogP contribution is 2.19. The topological polar surface area (TPSA) is 67.4 Å². The van der Waals surface area contributed by atoms with Gasteiger partial charge >= 0.3 is 0 Å². The second-order valence-electron chi connectivity index (χ2n) is 7.05. The van der Waals surface area contributed by atoms with Crippen molar-refractivity contribution in [3.8, 4) is 5.75 Å². The zero-order valence-corrected chi connectivity index (χ0v) is 17.4. The van der Waals surface area contributed by atoms with Crippen molar-refractivity contribution in [1.82, 2.24) is 0 Å². The number of hydrogen-bond acceptors (Lipinski definition) is 3. The summed E-state index contributed by atoms with van der Waals surface area (Å²) >= 11 is 0. The van der Waals surface area contributed by atoms with Gasteiger partial charge in [0.05, 0.1) is 0 Å². The van der Waals surface area contributed by atoms with E-state index in [1.54, 1.807) is 31.2 Å². The van der Waals surface area contributed by atoms with Crippen LogP contribution in [0, 0.1) is 6.92 Å². The smallest absolute Gasteiger partial charge is 0.265 e. The zero-order valence-electron chi connectivity index (χ0n) is 17.4. The van der Waals surface area contributed by atoms with Crippen LogP contribution in [-0.4, -0.2) is 17.9 Å². The normalized spacial score (nSPS) is 11.4. The Morgan fingerprint density at radius 2 is 1.50 bits per heavy atom. The van der Waals surface area contributed by atoms with Crippen molar-refractivity contribution in [3.05, 3.63) is 89.5 Å². The summed E-state index contributed by atoms with van der Waals surface area (Å²) in [5.41, 5.74) is 4.16. The van der Waals surface area contributed by atoms with E-state index >= 15 is 0 Å². The average Bonchev–Trinajstić information content (AvgIpc) is 2.76. The molecule has 0 aliphatic carbocycles. The van der Waals surface area contributed by atoms with Gasteiger partial charge in [-0.05, 0) is 67.8 Å². The fourth-order valence-corrected chi connectivity index (χ4v) is 3.04. The molecule has 5 nitrogen and oxygen atoms in total. The molecule has 0 bridgehead atoms. The van der Waals surface area contributed by atoms with E-state index in [0.717, 1.165) is 28.9 Å². The van der Waals surface area contributed by atoms with Gasteiger partial charge in [0.25, 0.3) is 11.8 Å². The van der Waals surface area contributed by atoms with Crippen LogP contribution in [0.5, 0.6) is 5.75 Å². The fraction of sp³-hybridized carbons (Fsp3) is 0.200. The van der Waals surface area contributed by atoms with Crippen molar-refractivity contribution in [2.45, 2.75) is 33.3 Å². The predicted octanol–water partition coefficient (Wildman–Crippen LogP) is 5.22. The molecule has 0 aliphatic heterocycles. The maximum Gasteiger partial charge on any atom is 0.265 e. The number of nitrogens with one attached hydrogen (secondary N) is 2. The number of carbonyl (C=O) groups excluding carboxylic acids is 2. The molecule has 154 valence electrons. The second-order valence-corrected chi connectivity index (χ2v) is 7.05. The first-order chi connectivity index (χ1) is 14.5. The predicted molar refractivity (Wildman–Crippen MR) is 120 cm³/mol. The van der Waals surface area contributed by atoms with Crippen LogP contribution in [-0.2, 0) is 11.2 Å². The van der Waals surface area contributed by atoms with Crippen molar-refractivity contribution < 1.29 is 14.3 Å². The Morgan fingerprint density at radius 1 is 0.867 bits per heavy atom. The van der Waals surface area contributed by atoms with Crippen molar-refractivity contribution in [2.75, 3.05) is 10.6 Å². The molecule has 3 aromatic rings. The molecule has 0 spiro atoms. The van der Waals surface area contributed by atoms with Gasteiger partial charge in [0.2, 0.25) is 0 Å². The Labute approximate surface area is 177 Å². The molecular formula is C25H26N2O3. The number of amides is 2. The van der Waals surface area contributed by atoms with E-state index in [9.17, 15) is 9.59 Å². The summed E-state index contributed by atoms with van der Waals surface area (Å²) in [5.74, 6) is 0.100. The van der Waals surface area contributed by atoms with Crippen LogP contribution >= 0.6 is 0 Å². The van der Waals surface area contributed by atoms with Crippen molar-refractivity contribution in [1.29, 1.82) is 0 Å². The largest absolute Gasteiger partial charge is 0.481 e. The second kappa shape index (κ2) is 9.74. The molecule has 0 aliphatic rings. The van der Waals surface area contributed by atoms with E-state index in [-0.39, 0.29) is 11.8 Å². The van der Waals surface area contributed by atoms with E-state index in [4.69, 9.17) is 4.74 Å². The number of rotatable bonds is 7. The number of aryl methyl sites for hydroxylation is 2. The first-order valence-electron chi connectivity index (χ1n) is 10.0. The third-order valence-corrected chi connectivity index (χ3v) is 4.85. The van der Waals surface area contributed by atoms with Gasteiger partial charge in [0.15, 0.2) is 6.10 Å². The van der Waals surface area contributed by atoms with E-state index in [2.05, 4.69) is 10.6 Å². The first kappa shape index (κ1) is 21.1. The number of ether oxygens (including phenoxy) is 1. The van der Waals surface area contributed by atoms with Gasteiger partial charge in [0.1, 0.15) is 5.75 Å². The molecule has 2 N–H and O–H groups in total. The van der Waals surface area contributed by atoms with Gasteiger partial charge in [-0.15, -0.1) is 0 Å². The van der Waals surface area contributed by atoms with Crippen LogP contribution < -0.4 is 15.4 Å². The maximum atomic E-state index is 12.5. The van der Waals surface area contributed by atoms with Gasteiger partial charge in [-0.3, -0.25) is 9.59 Å². The number of carbonyl (C=O) groups is 2. The van der Waals surface area contributed by atoms with Gasteiger partial charge in [-0.1, -0.05) is 43.3 Å². The summed E-state index contributed by atoms with van der Waals surface area (Å²) in [6.45, 7) is 5.67. The quantitative estimate of drug-likeness (QED) is 0.570. The summed E-state index contributed by atoms with van der Waals surface area (Å²) in [7, 11) is 0. The lowest BCUT2D eigenvalue weighted by molar-refractivity contribution is -0.122. The van der Waals surface area contributed by atoms with Crippen molar-refractivity contribution in [3.63, 3.8) is 0 Å². The molecule has 1 atom stereocenters. The number of hydrogen-bond donors (Lipinski definition) is 2. The Balaban J connectivity index is 1.60. The highest BCUT2D eigenvalue weighted by atomic mass is 16.5. The van der Waals surface area contributed by atoms with Crippen LogP contribution in [0.3, 0.4) is 0 Å². The fourth-order valence-electron chi connectivity index (χ4n) is 3.04. The molecule has 5 heteroatoms. The average molecular weight is 402 g/mol. The van der Waals surface area contributed by atoms with Gasteiger partial charge in [-0.25, -0.2) is 0 Å². The third-order valence-electron chi connectivity index (χ3n) is 4.85. The lowest BCUT2D eigenvalue weighted by Crippen LogP contribution is -2.30. The summed E-state index contributed by atoms with van der Waals surface area (Å²) in [4.78, 5) is 25.0. The van der Waals surface area contributed by atoms with Crippen LogP contribution in [0.15, 0.2) is 72.8 Å². The van der Waals surface area contributed by atoms with Crippen LogP contribution in [0.25, 0.3) is 0 Å². The van der Waals surface area contributed by atoms with Crippen molar-refractivity contribution in [2.24, 2.45) is 0 Å². The zero-order chi connectivity index (χ0) is 21.5. The lowest BCUT2D eigenvalue weighted by atomic mass is 10.1. The molecule has 0 unspecified atom stereocenters. The number of para-hydroxylation sites is 2. The summed E-state index contributed by atoms with van der Waals surface area (Å²) < 4.78 is 5.73. The Kier molecular flexibility index (Phi) is 6.86. The maximum absolute atomic E-state index is 12.5. The minimum Gasteiger partial charge on any atom is -0.481 e. The highest BCUT2D eigenvalue weighted by molar-refractivity contribution is 6.04. The lowest BCUT2D eigenvalue weighted by Gasteiger charge is -2.16. The molecule has 0 saturated carbocycles. The third kappa shape index (κ3) is 5.26. The standard InChI is InChI=1S/C25H26N2O3/c1-4-19-10-6-8-12-23(19)27-25(29)20-13-15-21(16-14-20)30-18(3)24(28)26-22-11-7-5-9-17(22)2/h5-16,18H,4H2,1-3H3,(H,26,28)(H,27,29)/t18-/m0/s1. The molecular weight excluding hydrogens is 376 g/mol. The Hall–Kier alpha value is -3.60. The summed E-state index contributed by atoms with van der Waals surface area (Å²) in [6, 6.07) is 22.1. The van der Waals surface area contributed by atoms with E-state index in [1.165, 1.54) is 0 Å². The van der Waals surface area contributed by atoms with Crippen LogP contribution in [0.1, 0.15) is 35.3 Å². The molecule has 0 aromatic heterocycles. The van der Waals surface area contributed by atoms with Crippen LogP contribution in [0.4, 0.5) is 11.4 Å². The van der Waals surface area contributed by atoms with E-state index in [0.29, 0.717) is 11.3 Å². The summed E-state index contributed by atoms with van der Waals surface area (Å²) in [6.07, 6.45) is 0.159. The minimum absolute atomic E-state index is 0.187. The molecule has 3 aromatic carbocycles. The molecule has 0 heterocycles. The Bertz CT molecular complexity index is 1030. The van der Waals surface area contributed by atoms with E-state index in [1.807, 2.05) is 62.4 Å². The number of benzene rings is 3. The van der Waals surface area contributed by atoms with E-state index < -0.39 is 6.10 Å². The molecule has 0 fully saturated rings. The molecule has 0 radical (unpaired) electrons. The number of anilines is 2. The van der Waals surface area contributed by atoms with Gasteiger partial charge < -0.3 is 15.4 Å². The van der Waals surface area contributed by atoms with Gasteiger partial charge in [0, 0.05) is 16.9 Å². The first-order valence-corrected chi connectivity index (χ1v) is 10.0. The molecule has 0 saturated heterocycles.